The van der Waals surface area contributed by atoms with Crippen LogP contribution in [0.3, 0.4) is 0 Å². The quantitative estimate of drug-likeness (QED) is 0.638. The molecule has 1 heterocycles. The standard InChI is InChI=1S/C20H17ClO4/c1-12(2)9-10-24-15-7-8-16-17(11-15)25-20(19(23)18(16)22)13-3-5-14(21)6-4-13/h3-12,23H,1-2H3. The van der Waals surface area contributed by atoms with Crippen molar-refractivity contribution in [3.05, 3.63) is 70.0 Å². The van der Waals surface area contributed by atoms with Gasteiger partial charge in [-0.15, -0.1) is 0 Å². The molecular weight excluding hydrogens is 340 g/mol. The Morgan fingerprint density at radius 1 is 1.16 bits per heavy atom. The molecule has 1 N–H and O–H groups in total. The van der Waals surface area contributed by atoms with Gasteiger partial charge in [-0.3, -0.25) is 4.79 Å². The van der Waals surface area contributed by atoms with E-state index in [2.05, 4.69) is 0 Å². The minimum atomic E-state index is -0.490. The lowest BCUT2D eigenvalue weighted by atomic mass is 10.1. The maximum absolute atomic E-state index is 12.4. The van der Waals surface area contributed by atoms with Crippen LogP contribution in [0.1, 0.15) is 13.8 Å². The smallest absolute Gasteiger partial charge is 0.235 e. The Hall–Kier alpha value is -2.72. The minimum absolute atomic E-state index is 0.101. The van der Waals surface area contributed by atoms with Gasteiger partial charge in [0.05, 0.1) is 11.6 Å². The summed E-state index contributed by atoms with van der Waals surface area (Å²) >= 11 is 5.88. The van der Waals surface area contributed by atoms with Crippen molar-refractivity contribution >= 4 is 22.6 Å². The predicted octanol–water partition coefficient (Wildman–Crippen LogP) is 5.37. The highest BCUT2D eigenvalue weighted by molar-refractivity contribution is 6.30. The third-order valence-corrected chi connectivity index (χ3v) is 3.87. The van der Waals surface area contributed by atoms with Crippen molar-refractivity contribution in [2.45, 2.75) is 13.8 Å². The number of rotatable bonds is 4. The molecule has 0 saturated heterocycles. The number of aromatic hydroxyl groups is 1. The number of allylic oxidation sites excluding steroid dienone is 1. The highest BCUT2D eigenvalue weighted by atomic mass is 35.5. The van der Waals surface area contributed by atoms with Crippen LogP contribution in [0, 0.1) is 5.92 Å². The average Bonchev–Trinajstić information content (AvgIpc) is 2.58. The summed E-state index contributed by atoms with van der Waals surface area (Å²) in [5.41, 5.74) is 0.408. The second-order valence-corrected chi connectivity index (χ2v) is 6.40. The van der Waals surface area contributed by atoms with Crippen LogP contribution >= 0.6 is 11.6 Å². The molecule has 2 aromatic carbocycles. The number of benzene rings is 2. The van der Waals surface area contributed by atoms with Gasteiger partial charge in [-0.2, -0.15) is 0 Å². The Balaban J connectivity index is 2.08. The Morgan fingerprint density at radius 2 is 1.88 bits per heavy atom. The molecule has 0 saturated carbocycles. The first-order valence-corrected chi connectivity index (χ1v) is 8.22. The number of halogens is 1. The summed E-state index contributed by atoms with van der Waals surface area (Å²) in [6.07, 6.45) is 3.51. The van der Waals surface area contributed by atoms with Gasteiger partial charge < -0.3 is 14.3 Å². The van der Waals surface area contributed by atoms with Crippen molar-refractivity contribution in [2.75, 3.05) is 0 Å². The first-order valence-electron chi connectivity index (χ1n) is 7.85. The molecule has 0 bridgehead atoms. The van der Waals surface area contributed by atoms with E-state index < -0.39 is 11.2 Å². The SMILES string of the molecule is CC(C)C=COc1ccc2c(=O)c(O)c(-c3ccc(Cl)cc3)oc2c1. The first kappa shape index (κ1) is 17.1. The molecule has 128 valence electrons. The maximum atomic E-state index is 12.4. The van der Waals surface area contributed by atoms with Crippen LogP contribution in [-0.2, 0) is 0 Å². The minimum Gasteiger partial charge on any atom is -0.502 e. The van der Waals surface area contributed by atoms with Gasteiger partial charge in [-0.05, 0) is 48.4 Å². The average molecular weight is 357 g/mol. The van der Waals surface area contributed by atoms with Crippen LogP contribution in [0.2, 0.25) is 5.02 Å². The van der Waals surface area contributed by atoms with E-state index in [0.717, 1.165) is 0 Å². The van der Waals surface area contributed by atoms with Crippen molar-refractivity contribution in [2.24, 2.45) is 5.92 Å². The Bertz CT molecular complexity index is 985. The van der Waals surface area contributed by atoms with Crippen LogP contribution in [0.4, 0.5) is 0 Å². The third-order valence-electron chi connectivity index (χ3n) is 3.61. The zero-order chi connectivity index (χ0) is 18.0. The molecular formula is C20H17ClO4. The summed E-state index contributed by atoms with van der Waals surface area (Å²) in [5, 5.41) is 11.1. The summed E-state index contributed by atoms with van der Waals surface area (Å²) < 4.78 is 11.3. The largest absolute Gasteiger partial charge is 0.502 e. The lowest BCUT2D eigenvalue weighted by Crippen LogP contribution is -2.02. The summed E-state index contributed by atoms with van der Waals surface area (Å²) in [7, 11) is 0. The molecule has 25 heavy (non-hydrogen) atoms. The second-order valence-electron chi connectivity index (χ2n) is 5.96. The molecule has 0 amide bonds. The summed E-state index contributed by atoms with van der Waals surface area (Å²) in [5.74, 6) is 0.583. The maximum Gasteiger partial charge on any atom is 0.235 e. The molecule has 0 spiro atoms. The Kier molecular flexibility index (Phi) is 4.81. The van der Waals surface area contributed by atoms with E-state index in [1.165, 1.54) is 0 Å². The summed E-state index contributed by atoms with van der Waals surface area (Å²) in [4.78, 5) is 12.4. The summed E-state index contributed by atoms with van der Waals surface area (Å²) in [6, 6.07) is 11.5. The molecule has 3 aromatic rings. The van der Waals surface area contributed by atoms with Crippen molar-refractivity contribution < 1.29 is 14.3 Å². The number of ether oxygens (including phenoxy) is 1. The van der Waals surface area contributed by atoms with Gasteiger partial charge in [0.25, 0.3) is 0 Å². The zero-order valence-electron chi connectivity index (χ0n) is 13.8. The van der Waals surface area contributed by atoms with Crippen LogP contribution in [0.25, 0.3) is 22.3 Å². The molecule has 4 nitrogen and oxygen atoms in total. The topological polar surface area (TPSA) is 59.7 Å². The van der Waals surface area contributed by atoms with Gasteiger partial charge in [0.1, 0.15) is 11.3 Å². The molecule has 0 unspecified atom stereocenters. The van der Waals surface area contributed by atoms with E-state index in [9.17, 15) is 9.90 Å². The van der Waals surface area contributed by atoms with Crippen LogP contribution in [0.5, 0.6) is 11.5 Å². The van der Waals surface area contributed by atoms with Gasteiger partial charge in [0, 0.05) is 16.7 Å². The van der Waals surface area contributed by atoms with Crippen LogP contribution in [-0.4, -0.2) is 5.11 Å². The van der Waals surface area contributed by atoms with Crippen molar-refractivity contribution in [3.8, 4) is 22.8 Å². The second kappa shape index (κ2) is 7.03. The van der Waals surface area contributed by atoms with Crippen molar-refractivity contribution in [1.29, 1.82) is 0 Å². The van der Waals surface area contributed by atoms with E-state index in [1.54, 1.807) is 48.7 Å². The number of fused-ring (bicyclic) bond motifs is 1. The fraction of sp³-hybridized carbons (Fsp3) is 0.150. The highest BCUT2D eigenvalue weighted by Gasteiger charge is 2.15. The normalized spacial score (nSPS) is 11.5. The van der Waals surface area contributed by atoms with Crippen molar-refractivity contribution in [3.63, 3.8) is 0 Å². The van der Waals surface area contributed by atoms with E-state index in [-0.39, 0.29) is 11.1 Å². The van der Waals surface area contributed by atoms with Crippen molar-refractivity contribution in [1.82, 2.24) is 0 Å². The molecule has 1 aromatic heterocycles. The molecule has 0 fully saturated rings. The third kappa shape index (κ3) is 3.69. The lowest BCUT2D eigenvalue weighted by Gasteiger charge is -2.07. The Labute approximate surface area is 149 Å². The van der Waals surface area contributed by atoms with Gasteiger partial charge in [-0.25, -0.2) is 0 Å². The molecule has 0 aliphatic heterocycles. The Morgan fingerprint density at radius 3 is 2.56 bits per heavy atom. The first-order chi connectivity index (χ1) is 12.0. The van der Waals surface area contributed by atoms with Crippen LogP contribution < -0.4 is 10.2 Å². The van der Waals surface area contributed by atoms with Crippen LogP contribution in [0.15, 0.2) is 64.0 Å². The molecule has 0 radical (unpaired) electrons. The number of hydrogen-bond acceptors (Lipinski definition) is 4. The van der Waals surface area contributed by atoms with E-state index >= 15 is 0 Å². The fourth-order valence-electron chi connectivity index (χ4n) is 2.31. The predicted molar refractivity (Wildman–Crippen MR) is 99.2 cm³/mol. The molecule has 3 rings (SSSR count). The van der Waals surface area contributed by atoms with Gasteiger partial charge >= 0.3 is 0 Å². The molecule has 0 atom stereocenters. The van der Waals surface area contributed by atoms with Gasteiger partial charge in [0.15, 0.2) is 5.76 Å². The highest BCUT2D eigenvalue weighted by Crippen LogP contribution is 2.32. The van der Waals surface area contributed by atoms with E-state index in [0.29, 0.717) is 27.8 Å². The van der Waals surface area contributed by atoms with E-state index in [1.807, 2.05) is 19.9 Å². The number of hydrogen-bond donors (Lipinski definition) is 1. The lowest BCUT2D eigenvalue weighted by molar-refractivity contribution is 0.447. The monoisotopic (exact) mass is 356 g/mol. The molecule has 5 heteroatoms. The van der Waals surface area contributed by atoms with E-state index in [4.69, 9.17) is 20.8 Å². The zero-order valence-corrected chi connectivity index (χ0v) is 14.6. The fourth-order valence-corrected chi connectivity index (χ4v) is 2.43. The van der Waals surface area contributed by atoms with Gasteiger partial charge in [0.2, 0.25) is 11.2 Å². The summed E-state index contributed by atoms with van der Waals surface area (Å²) in [6.45, 7) is 4.08. The van der Waals surface area contributed by atoms with Gasteiger partial charge in [-0.1, -0.05) is 25.4 Å². The molecule has 0 aliphatic rings. The molecule has 0 aliphatic carbocycles.